The van der Waals surface area contributed by atoms with Crippen LogP contribution in [0.25, 0.3) is 10.9 Å². The molecule has 0 spiro atoms. The number of hydrogen-bond acceptors (Lipinski definition) is 3. The maximum absolute atomic E-state index is 12.5. The molecule has 27 heavy (non-hydrogen) atoms. The van der Waals surface area contributed by atoms with Crippen molar-refractivity contribution in [2.24, 2.45) is 0 Å². The molecule has 0 aliphatic heterocycles. The first-order chi connectivity index (χ1) is 12.9. The van der Waals surface area contributed by atoms with Crippen molar-refractivity contribution in [2.75, 3.05) is 7.11 Å². The van der Waals surface area contributed by atoms with Crippen LogP contribution in [0.15, 0.2) is 42.5 Å². The Kier molecular flexibility index (Phi) is 5.37. The molecule has 1 heterocycles. The Labute approximate surface area is 161 Å². The summed E-state index contributed by atoms with van der Waals surface area (Å²) in [5.41, 5.74) is 2.54. The maximum atomic E-state index is 12.5. The summed E-state index contributed by atoms with van der Waals surface area (Å²) in [6.45, 7) is 1.81. The van der Waals surface area contributed by atoms with Crippen molar-refractivity contribution < 1.29 is 19.4 Å². The van der Waals surface area contributed by atoms with Crippen LogP contribution in [0, 0.1) is 0 Å². The zero-order chi connectivity index (χ0) is 19.6. The number of carboxylic acid groups (broad SMARTS) is 1. The molecule has 7 heteroatoms. The molecule has 0 saturated carbocycles. The van der Waals surface area contributed by atoms with Gasteiger partial charge < -0.3 is 20.1 Å². The van der Waals surface area contributed by atoms with Crippen LogP contribution in [0.4, 0.5) is 0 Å². The average molecular weight is 387 g/mol. The molecular formula is C20H19ClN2O4. The molecule has 0 fully saturated rings. The number of carbonyl (C=O) groups excluding carboxylic acids is 1. The summed E-state index contributed by atoms with van der Waals surface area (Å²) >= 11 is 5.85. The Hall–Kier alpha value is -2.99. The molecule has 1 amide bonds. The molecular weight excluding hydrogens is 368 g/mol. The van der Waals surface area contributed by atoms with Crippen molar-refractivity contribution >= 4 is 34.4 Å². The first-order valence-electron chi connectivity index (χ1n) is 8.35. The molecule has 0 bridgehead atoms. The Bertz CT molecular complexity index is 995. The number of hydrogen-bond donors (Lipinski definition) is 3. The van der Waals surface area contributed by atoms with E-state index in [-0.39, 0.29) is 12.3 Å². The van der Waals surface area contributed by atoms with Crippen molar-refractivity contribution in [3.63, 3.8) is 0 Å². The first-order valence-corrected chi connectivity index (χ1v) is 8.73. The Morgan fingerprint density at radius 1 is 1.22 bits per heavy atom. The second-order valence-corrected chi connectivity index (χ2v) is 6.64. The molecule has 3 N–H and O–H groups in total. The van der Waals surface area contributed by atoms with Gasteiger partial charge in [0, 0.05) is 27.2 Å². The summed E-state index contributed by atoms with van der Waals surface area (Å²) in [5, 5.41) is 13.5. The van der Waals surface area contributed by atoms with Gasteiger partial charge in [0.1, 0.15) is 5.75 Å². The lowest BCUT2D eigenvalue weighted by atomic mass is 10.0. The molecule has 3 aromatic rings. The van der Waals surface area contributed by atoms with Crippen LogP contribution < -0.4 is 10.1 Å². The number of aromatic amines is 1. The summed E-state index contributed by atoms with van der Waals surface area (Å²) in [6.07, 6.45) is -0.163. The van der Waals surface area contributed by atoms with E-state index in [1.54, 1.807) is 50.4 Å². The van der Waals surface area contributed by atoms with Crippen LogP contribution in [0.1, 0.15) is 34.6 Å². The number of halogens is 1. The number of amides is 1. The molecule has 3 rings (SSSR count). The van der Waals surface area contributed by atoms with Gasteiger partial charge in [-0.05, 0) is 55.0 Å². The number of H-pyrrole nitrogens is 1. The predicted molar refractivity (Wildman–Crippen MR) is 104 cm³/mol. The molecule has 1 aromatic heterocycles. The fourth-order valence-corrected chi connectivity index (χ4v) is 3.17. The third-order valence-electron chi connectivity index (χ3n) is 4.36. The molecule has 1 unspecified atom stereocenters. The predicted octanol–water partition coefficient (Wildman–Crippen LogP) is 3.95. The van der Waals surface area contributed by atoms with Gasteiger partial charge in [-0.25, -0.2) is 0 Å². The smallest absolute Gasteiger partial charge is 0.307 e. The van der Waals surface area contributed by atoms with Crippen LogP contribution in [0.3, 0.4) is 0 Å². The highest BCUT2D eigenvalue weighted by molar-refractivity contribution is 6.30. The topological polar surface area (TPSA) is 91.4 Å². The fourth-order valence-electron chi connectivity index (χ4n) is 3.04. The number of carboxylic acids is 1. The third-order valence-corrected chi connectivity index (χ3v) is 4.61. The van der Waals surface area contributed by atoms with E-state index in [9.17, 15) is 14.7 Å². The van der Waals surface area contributed by atoms with Gasteiger partial charge >= 0.3 is 5.97 Å². The minimum absolute atomic E-state index is 0.163. The van der Waals surface area contributed by atoms with Crippen LogP contribution in [0.5, 0.6) is 5.75 Å². The van der Waals surface area contributed by atoms with Crippen LogP contribution in [0.2, 0.25) is 5.02 Å². The van der Waals surface area contributed by atoms with Crippen LogP contribution >= 0.6 is 11.6 Å². The summed E-state index contributed by atoms with van der Waals surface area (Å²) < 4.78 is 5.24. The molecule has 0 aliphatic rings. The molecule has 1 atom stereocenters. The SMILES string of the molecule is COc1ccc2[nH]c(C(C)NC(=O)c3ccc(Cl)cc3)c(CC(=O)O)c2c1. The highest BCUT2D eigenvalue weighted by Gasteiger charge is 2.21. The molecule has 140 valence electrons. The summed E-state index contributed by atoms with van der Waals surface area (Å²) in [7, 11) is 1.56. The molecule has 0 aliphatic carbocycles. The standard InChI is InChI=1S/C20H19ClN2O4/c1-11(22-20(26)12-3-5-13(21)6-4-12)19-16(10-18(24)25)15-9-14(27-2)7-8-17(15)23-19/h3-9,11,23H,10H2,1-2H3,(H,22,26)(H,24,25). The van der Waals surface area contributed by atoms with E-state index >= 15 is 0 Å². The second-order valence-electron chi connectivity index (χ2n) is 6.20. The normalized spacial score (nSPS) is 12.0. The van der Waals surface area contributed by atoms with E-state index < -0.39 is 12.0 Å². The van der Waals surface area contributed by atoms with Gasteiger partial charge in [0.15, 0.2) is 0 Å². The lowest BCUT2D eigenvalue weighted by Gasteiger charge is -2.15. The van der Waals surface area contributed by atoms with Crippen molar-refractivity contribution in [1.82, 2.24) is 10.3 Å². The first kappa shape index (κ1) is 18.8. The minimum atomic E-state index is -0.948. The zero-order valence-corrected chi connectivity index (χ0v) is 15.6. The summed E-state index contributed by atoms with van der Waals surface area (Å²) in [5.74, 6) is -0.578. The lowest BCUT2D eigenvalue weighted by Crippen LogP contribution is -2.27. The molecule has 0 radical (unpaired) electrons. The van der Waals surface area contributed by atoms with E-state index in [0.29, 0.717) is 27.6 Å². The molecule has 0 saturated heterocycles. The monoisotopic (exact) mass is 386 g/mol. The van der Waals surface area contributed by atoms with Crippen molar-refractivity contribution in [3.05, 3.63) is 64.3 Å². The van der Waals surface area contributed by atoms with Gasteiger partial charge in [-0.1, -0.05) is 11.6 Å². The minimum Gasteiger partial charge on any atom is -0.497 e. The van der Waals surface area contributed by atoms with Gasteiger partial charge in [-0.3, -0.25) is 9.59 Å². The molecule has 2 aromatic carbocycles. The number of aliphatic carboxylic acids is 1. The Morgan fingerprint density at radius 3 is 2.56 bits per heavy atom. The van der Waals surface area contributed by atoms with E-state index in [1.165, 1.54) is 0 Å². The highest BCUT2D eigenvalue weighted by atomic mass is 35.5. The largest absolute Gasteiger partial charge is 0.497 e. The number of aromatic nitrogens is 1. The highest BCUT2D eigenvalue weighted by Crippen LogP contribution is 2.30. The number of nitrogens with one attached hydrogen (secondary N) is 2. The number of methoxy groups -OCH3 is 1. The van der Waals surface area contributed by atoms with E-state index in [1.807, 2.05) is 6.07 Å². The van der Waals surface area contributed by atoms with Gasteiger partial charge in [0.05, 0.1) is 19.6 Å². The summed E-state index contributed by atoms with van der Waals surface area (Å²) in [4.78, 5) is 27.1. The summed E-state index contributed by atoms with van der Waals surface area (Å²) in [6, 6.07) is 11.6. The lowest BCUT2D eigenvalue weighted by molar-refractivity contribution is -0.136. The third kappa shape index (κ3) is 4.06. The van der Waals surface area contributed by atoms with E-state index in [2.05, 4.69) is 10.3 Å². The van der Waals surface area contributed by atoms with Gasteiger partial charge in [-0.15, -0.1) is 0 Å². The zero-order valence-electron chi connectivity index (χ0n) is 14.9. The van der Waals surface area contributed by atoms with Gasteiger partial charge in [0.2, 0.25) is 0 Å². The fraction of sp³-hybridized carbons (Fsp3) is 0.200. The van der Waals surface area contributed by atoms with Crippen molar-refractivity contribution in [2.45, 2.75) is 19.4 Å². The number of fused-ring (bicyclic) bond motifs is 1. The van der Waals surface area contributed by atoms with E-state index in [4.69, 9.17) is 16.3 Å². The Morgan fingerprint density at radius 2 is 1.93 bits per heavy atom. The second kappa shape index (κ2) is 7.72. The van der Waals surface area contributed by atoms with Gasteiger partial charge in [0.25, 0.3) is 5.91 Å². The van der Waals surface area contributed by atoms with Crippen molar-refractivity contribution in [3.8, 4) is 5.75 Å². The number of rotatable bonds is 6. The van der Waals surface area contributed by atoms with Gasteiger partial charge in [-0.2, -0.15) is 0 Å². The average Bonchev–Trinajstić information content (AvgIpc) is 2.99. The quantitative estimate of drug-likeness (QED) is 0.598. The number of benzene rings is 2. The Balaban J connectivity index is 1.95. The van der Waals surface area contributed by atoms with Crippen LogP contribution in [-0.2, 0) is 11.2 Å². The maximum Gasteiger partial charge on any atom is 0.307 e. The number of carbonyl (C=O) groups is 2. The van der Waals surface area contributed by atoms with Crippen LogP contribution in [-0.4, -0.2) is 29.1 Å². The number of ether oxygens (including phenoxy) is 1. The molecule has 6 nitrogen and oxygen atoms in total. The van der Waals surface area contributed by atoms with Crippen molar-refractivity contribution in [1.29, 1.82) is 0 Å². The van der Waals surface area contributed by atoms with E-state index in [0.717, 1.165) is 10.9 Å².